The van der Waals surface area contributed by atoms with Crippen LogP contribution in [0.5, 0.6) is 5.88 Å². The highest BCUT2D eigenvalue weighted by Gasteiger charge is 2.13. The van der Waals surface area contributed by atoms with Gasteiger partial charge in [-0.25, -0.2) is 0 Å². The predicted molar refractivity (Wildman–Crippen MR) is 87.7 cm³/mol. The average molecular weight is 335 g/mol. The van der Waals surface area contributed by atoms with Gasteiger partial charge in [-0.05, 0) is 23.8 Å². The van der Waals surface area contributed by atoms with Gasteiger partial charge in [-0.1, -0.05) is 41.4 Å². The molecule has 3 rings (SSSR count). The molecule has 0 bridgehead atoms. The molecule has 0 saturated carbocycles. The summed E-state index contributed by atoms with van der Waals surface area (Å²) in [5, 5.41) is 11.9. The highest BCUT2D eigenvalue weighted by atomic mass is 35.5. The molecular formula is C16H12Cl2N2O2. The zero-order valence-corrected chi connectivity index (χ0v) is 12.9. The summed E-state index contributed by atoms with van der Waals surface area (Å²) in [5.41, 5.74) is 7.16. The van der Waals surface area contributed by atoms with Crippen LogP contribution in [0.3, 0.4) is 0 Å². The molecule has 0 unspecified atom stereocenters. The lowest BCUT2D eigenvalue weighted by molar-refractivity contribution is 0.100. The Morgan fingerprint density at radius 2 is 1.95 bits per heavy atom. The van der Waals surface area contributed by atoms with Crippen LogP contribution < -0.4 is 5.73 Å². The van der Waals surface area contributed by atoms with Gasteiger partial charge in [0.05, 0.1) is 22.1 Å². The minimum atomic E-state index is -0.519. The van der Waals surface area contributed by atoms with E-state index in [-0.39, 0.29) is 5.88 Å². The Hall–Kier alpha value is -2.17. The van der Waals surface area contributed by atoms with Gasteiger partial charge in [0.2, 0.25) is 5.91 Å². The summed E-state index contributed by atoms with van der Waals surface area (Å²) >= 11 is 12.2. The van der Waals surface area contributed by atoms with Crippen LogP contribution >= 0.6 is 23.2 Å². The maximum Gasteiger partial charge on any atom is 0.248 e. The van der Waals surface area contributed by atoms with E-state index in [1.165, 1.54) is 0 Å². The van der Waals surface area contributed by atoms with Gasteiger partial charge >= 0.3 is 0 Å². The molecule has 4 nitrogen and oxygen atoms in total. The number of halogens is 2. The molecule has 3 N–H and O–H groups in total. The summed E-state index contributed by atoms with van der Waals surface area (Å²) in [5.74, 6) is -0.442. The maximum atomic E-state index is 11.3. The second kappa shape index (κ2) is 5.55. The number of carbonyl (C=O) groups is 1. The molecule has 1 amide bonds. The summed E-state index contributed by atoms with van der Waals surface area (Å²) in [6, 6.07) is 12.0. The minimum Gasteiger partial charge on any atom is -0.494 e. The van der Waals surface area contributed by atoms with Crippen LogP contribution in [0.15, 0.2) is 42.5 Å². The highest BCUT2D eigenvalue weighted by Crippen LogP contribution is 2.30. The monoisotopic (exact) mass is 334 g/mol. The average Bonchev–Trinajstić information content (AvgIpc) is 2.79. The molecule has 112 valence electrons. The third-order valence-electron chi connectivity index (χ3n) is 3.53. The highest BCUT2D eigenvalue weighted by molar-refractivity contribution is 6.42. The second-order valence-electron chi connectivity index (χ2n) is 4.94. The van der Waals surface area contributed by atoms with Gasteiger partial charge in [0.1, 0.15) is 0 Å². The molecule has 0 aliphatic heterocycles. The molecule has 0 radical (unpaired) electrons. The first-order valence-corrected chi connectivity index (χ1v) is 7.28. The number of nitrogens with zero attached hydrogens (tertiary/aromatic N) is 1. The van der Waals surface area contributed by atoms with Crippen molar-refractivity contribution in [2.24, 2.45) is 5.73 Å². The van der Waals surface area contributed by atoms with Crippen molar-refractivity contribution < 1.29 is 9.90 Å². The summed E-state index contributed by atoms with van der Waals surface area (Å²) in [7, 11) is 0. The van der Waals surface area contributed by atoms with E-state index in [2.05, 4.69) is 0 Å². The third kappa shape index (κ3) is 2.51. The van der Waals surface area contributed by atoms with Gasteiger partial charge < -0.3 is 15.4 Å². The SMILES string of the molecule is NC(=O)c1ccc2cc(O)n(Cc3cccc(Cl)c3Cl)c2c1. The van der Waals surface area contributed by atoms with Crippen LogP contribution in [-0.2, 0) is 6.54 Å². The number of nitrogens with two attached hydrogens (primary N) is 1. The molecule has 22 heavy (non-hydrogen) atoms. The standard InChI is InChI=1S/C16H12Cl2N2O2/c17-12-3-1-2-11(15(12)18)8-20-13-6-10(16(19)22)5-4-9(13)7-14(20)21/h1-7,21H,8H2,(H2,19,22). The van der Waals surface area contributed by atoms with Crippen LogP contribution in [0.1, 0.15) is 15.9 Å². The van der Waals surface area contributed by atoms with Crippen LogP contribution in [0.4, 0.5) is 0 Å². The third-order valence-corrected chi connectivity index (χ3v) is 4.38. The smallest absolute Gasteiger partial charge is 0.248 e. The second-order valence-corrected chi connectivity index (χ2v) is 5.72. The molecule has 0 aliphatic rings. The van der Waals surface area contributed by atoms with Crippen LogP contribution in [0.25, 0.3) is 10.9 Å². The number of primary amides is 1. The van der Waals surface area contributed by atoms with E-state index in [1.54, 1.807) is 41.0 Å². The molecule has 0 saturated heterocycles. The lowest BCUT2D eigenvalue weighted by atomic mass is 10.1. The number of fused-ring (bicyclic) bond motifs is 1. The number of aromatic hydroxyl groups is 1. The summed E-state index contributed by atoms with van der Waals surface area (Å²) in [4.78, 5) is 11.3. The Labute approximate surface area is 136 Å². The van der Waals surface area contributed by atoms with Crippen molar-refractivity contribution in [2.75, 3.05) is 0 Å². The van der Waals surface area contributed by atoms with Crippen molar-refractivity contribution in [1.29, 1.82) is 0 Å². The summed E-state index contributed by atoms with van der Waals surface area (Å²) in [6.45, 7) is 0.330. The topological polar surface area (TPSA) is 68.2 Å². The number of aromatic nitrogens is 1. The van der Waals surface area contributed by atoms with E-state index in [4.69, 9.17) is 28.9 Å². The number of hydrogen-bond acceptors (Lipinski definition) is 2. The molecule has 3 aromatic rings. The maximum absolute atomic E-state index is 11.3. The van der Waals surface area contributed by atoms with Crippen LogP contribution in [0.2, 0.25) is 10.0 Å². The van der Waals surface area contributed by atoms with E-state index >= 15 is 0 Å². The van der Waals surface area contributed by atoms with E-state index in [0.29, 0.717) is 27.7 Å². The van der Waals surface area contributed by atoms with E-state index in [9.17, 15) is 9.90 Å². The number of hydrogen-bond donors (Lipinski definition) is 2. The fourth-order valence-electron chi connectivity index (χ4n) is 2.40. The van der Waals surface area contributed by atoms with Crippen LogP contribution in [-0.4, -0.2) is 15.6 Å². The van der Waals surface area contributed by atoms with E-state index in [1.807, 2.05) is 6.07 Å². The van der Waals surface area contributed by atoms with Crippen LogP contribution in [0, 0.1) is 0 Å². The lowest BCUT2D eigenvalue weighted by Gasteiger charge is -2.10. The molecule has 0 fully saturated rings. The van der Waals surface area contributed by atoms with Crippen molar-refractivity contribution in [3.63, 3.8) is 0 Å². The molecule has 0 atom stereocenters. The quantitative estimate of drug-likeness (QED) is 0.764. The zero-order valence-electron chi connectivity index (χ0n) is 11.4. The summed E-state index contributed by atoms with van der Waals surface area (Å²) in [6.07, 6.45) is 0. The molecule has 0 spiro atoms. The lowest BCUT2D eigenvalue weighted by Crippen LogP contribution is -2.10. The number of rotatable bonds is 3. The fourth-order valence-corrected chi connectivity index (χ4v) is 2.78. The number of amides is 1. The first kappa shape index (κ1) is 14.8. The normalized spacial score (nSPS) is 11.0. The molecule has 0 aliphatic carbocycles. The fraction of sp³-hybridized carbons (Fsp3) is 0.0625. The van der Waals surface area contributed by atoms with Gasteiger partial charge in [-0.3, -0.25) is 4.79 Å². The first-order valence-electron chi connectivity index (χ1n) is 6.52. The molecule has 1 aromatic heterocycles. The largest absolute Gasteiger partial charge is 0.494 e. The molecular weight excluding hydrogens is 323 g/mol. The Morgan fingerprint density at radius 3 is 2.68 bits per heavy atom. The predicted octanol–water partition coefficient (Wildman–Crippen LogP) is 3.80. The van der Waals surface area contributed by atoms with Gasteiger partial charge in [-0.15, -0.1) is 0 Å². The molecule has 1 heterocycles. The van der Waals surface area contributed by atoms with Crippen molar-refractivity contribution in [3.05, 3.63) is 63.6 Å². The number of benzene rings is 2. The molecule has 2 aromatic carbocycles. The molecule has 6 heteroatoms. The van der Waals surface area contributed by atoms with Gasteiger partial charge in [0, 0.05) is 17.0 Å². The van der Waals surface area contributed by atoms with E-state index in [0.717, 1.165) is 10.9 Å². The Kier molecular flexibility index (Phi) is 3.72. The Morgan fingerprint density at radius 1 is 1.18 bits per heavy atom. The minimum absolute atomic E-state index is 0.0765. The Bertz CT molecular complexity index is 887. The van der Waals surface area contributed by atoms with Crippen molar-refractivity contribution >= 4 is 40.0 Å². The Balaban J connectivity index is 2.13. The van der Waals surface area contributed by atoms with Crippen molar-refractivity contribution in [1.82, 2.24) is 4.57 Å². The van der Waals surface area contributed by atoms with Gasteiger partial charge in [0.25, 0.3) is 0 Å². The number of carbonyl (C=O) groups excluding carboxylic acids is 1. The van der Waals surface area contributed by atoms with Gasteiger partial charge in [0.15, 0.2) is 5.88 Å². The summed E-state index contributed by atoms with van der Waals surface area (Å²) < 4.78 is 1.65. The van der Waals surface area contributed by atoms with E-state index < -0.39 is 5.91 Å². The first-order chi connectivity index (χ1) is 10.5. The van der Waals surface area contributed by atoms with Gasteiger partial charge in [-0.2, -0.15) is 0 Å². The zero-order chi connectivity index (χ0) is 15.9. The van der Waals surface area contributed by atoms with Crippen molar-refractivity contribution in [3.8, 4) is 5.88 Å². The van der Waals surface area contributed by atoms with Crippen molar-refractivity contribution in [2.45, 2.75) is 6.54 Å².